The number of hydrogen-bond acceptors (Lipinski definition) is 6. The third-order valence-corrected chi connectivity index (χ3v) is 6.46. The normalized spacial score (nSPS) is 17.6. The molecule has 1 spiro atoms. The van der Waals surface area contributed by atoms with E-state index in [1.165, 1.54) is 0 Å². The standard InChI is InChI=1S/C26H30N4O3/c1-25(2,3)24(31)28-18-4-6-19(7-5-18)33-20-8-9-21-22(14-20)29-23(15-27-21)30-16-26(17-30)10-12-32-13-11-26/h4-9,14-15H,10-13,16-17H2,1-3H3,(H,28,31). The molecule has 0 unspecified atom stereocenters. The number of hydrogen-bond donors (Lipinski definition) is 1. The highest BCUT2D eigenvalue weighted by Gasteiger charge is 2.44. The third-order valence-electron chi connectivity index (χ3n) is 6.46. The van der Waals surface area contributed by atoms with E-state index in [-0.39, 0.29) is 5.91 Å². The minimum Gasteiger partial charge on any atom is -0.457 e. The van der Waals surface area contributed by atoms with E-state index in [2.05, 4.69) is 15.2 Å². The number of rotatable bonds is 4. The molecule has 0 bridgehead atoms. The molecule has 33 heavy (non-hydrogen) atoms. The lowest BCUT2D eigenvalue weighted by Gasteiger charge is -2.52. The van der Waals surface area contributed by atoms with E-state index in [1.807, 2.05) is 69.4 Å². The number of anilines is 2. The molecule has 2 aromatic carbocycles. The zero-order chi connectivity index (χ0) is 23.1. The summed E-state index contributed by atoms with van der Waals surface area (Å²) in [5.74, 6) is 2.28. The van der Waals surface area contributed by atoms with Gasteiger partial charge < -0.3 is 19.7 Å². The van der Waals surface area contributed by atoms with E-state index in [1.54, 1.807) is 0 Å². The molecule has 0 atom stereocenters. The Morgan fingerprint density at radius 2 is 1.73 bits per heavy atom. The zero-order valence-electron chi connectivity index (χ0n) is 19.4. The average molecular weight is 447 g/mol. The molecule has 1 N–H and O–H groups in total. The van der Waals surface area contributed by atoms with Crippen molar-refractivity contribution in [1.29, 1.82) is 0 Å². The van der Waals surface area contributed by atoms with Crippen molar-refractivity contribution in [3.8, 4) is 11.5 Å². The Labute approximate surface area is 194 Å². The van der Waals surface area contributed by atoms with Gasteiger partial charge in [-0.1, -0.05) is 20.8 Å². The van der Waals surface area contributed by atoms with Crippen molar-refractivity contribution in [2.75, 3.05) is 36.5 Å². The number of aromatic nitrogens is 2. The molecule has 2 fully saturated rings. The van der Waals surface area contributed by atoms with Gasteiger partial charge in [0.2, 0.25) is 5.91 Å². The van der Waals surface area contributed by atoms with Gasteiger partial charge in [0, 0.05) is 48.9 Å². The fourth-order valence-corrected chi connectivity index (χ4v) is 4.30. The molecule has 172 valence electrons. The largest absolute Gasteiger partial charge is 0.457 e. The maximum absolute atomic E-state index is 12.2. The van der Waals surface area contributed by atoms with Crippen molar-refractivity contribution in [2.45, 2.75) is 33.6 Å². The van der Waals surface area contributed by atoms with Crippen LogP contribution in [-0.4, -0.2) is 42.2 Å². The van der Waals surface area contributed by atoms with Crippen LogP contribution in [0.5, 0.6) is 11.5 Å². The summed E-state index contributed by atoms with van der Waals surface area (Å²) in [6.45, 7) is 9.43. The Morgan fingerprint density at radius 1 is 1.03 bits per heavy atom. The monoisotopic (exact) mass is 446 g/mol. The second-order valence-electron chi connectivity index (χ2n) is 10.2. The number of ether oxygens (including phenoxy) is 2. The number of amides is 1. The molecule has 7 nitrogen and oxygen atoms in total. The van der Waals surface area contributed by atoms with Crippen LogP contribution in [0.3, 0.4) is 0 Å². The quantitative estimate of drug-likeness (QED) is 0.606. The van der Waals surface area contributed by atoms with Crippen LogP contribution >= 0.6 is 0 Å². The van der Waals surface area contributed by atoms with Gasteiger partial charge in [0.05, 0.1) is 17.2 Å². The van der Waals surface area contributed by atoms with Gasteiger partial charge in [-0.25, -0.2) is 4.98 Å². The van der Waals surface area contributed by atoms with Crippen molar-refractivity contribution < 1.29 is 14.3 Å². The molecule has 2 saturated heterocycles. The van der Waals surface area contributed by atoms with Gasteiger partial charge in [-0.15, -0.1) is 0 Å². The van der Waals surface area contributed by atoms with E-state index in [9.17, 15) is 4.79 Å². The van der Waals surface area contributed by atoms with E-state index in [4.69, 9.17) is 14.5 Å². The predicted molar refractivity (Wildman–Crippen MR) is 129 cm³/mol. The molecule has 3 aromatic rings. The first-order valence-electron chi connectivity index (χ1n) is 11.5. The Bertz CT molecular complexity index is 1160. The second-order valence-corrected chi connectivity index (χ2v) is 10.2. The molecule has 5 rings (SSSR count). The smallest absolute Gasteiger partial charge is 0.229 e. The third kappa shape index (κ3) is 4.64. The van der Waals surface area contributed by atoms with Gasteiger partial charge in [0.1, 0.15) is 17.3 Å². The second kappa shape index (κ2) is 8.30. The molecular formula is C26H30N4O3. The van der Waals surface area contributed by atoms with Crippen molar-refractivity contribution in [3.63, 3.8) is 0 Å². The Morgan fingerprint density at radius 3 is 2.42 bits per heavy atom. The molecule has 0 aliphatic carbocycles. The first kappa shape index (κ1) is 21.6. The summed E-state index contributed by atoms with van der Waals surface area (Å²) >= 11 is 0. The van der Waals surface area contributed by atoms with Gasteiger partial charge in [-0.05, 0) is 49.2 Å². The summed E-state index contributed by atoms with van der Waals surface area (Å²) in [6, 6.07) is 13.1. The maximum atomic E-state index is 12.2. The Hall–Kier alpha value is -3.19. The SMILES string of the molecule is CC(C)(C)C(=O)Nc1ccc(Oc2ccc3ncc(N4CC5(CCOCC5)C4)nc3c2)cc1. The summed E-state index contributed by atoms with van der Waals surface area (Å²) in [5.41, 5.74) is 2.34. The highest BCUT2D eigenvalue weighted by molar-refractivity contribution is 5.94. The molecule has 1 aromatic heterocycles. The Kier molecular flexibility index (Phi) is 5.44. The number of carbonyl (C=O) groups is 1. The highest BCUT2D eigenvalue weighted by atomic mass is 16.5. The number of nitrogens with zero attached hydrogens (tertiary/aromatic N) is 3. The van der Waals surface area contributed by atoms with Crippen LogP contribution < -0.4 is 15.0 Å². The first-order valence-corrected chi connectivity index (χ1v) is 11.5. The van der Waals surface area contributed by atoms with Crippen LogP contribution in [0.15, 0.2) is 48.7 Å². The lowest BCUT2D eigenvalue weighted by atomic mass is 9.73. The topological polar surface area (TPSA) is 76.6 Å². The molecule has 0 saturated carbocycles. The average Bonchev–Trinajstić information content (AvgIpc) is 2.78. The Balaban J connectivity index is 1.27. The summed E-state index contributed by atoms with van der Waals surface area (Å²) in [4.78, 5) is 23.9. The number of fused-ring (bicyclic) bond motifs is 1. The maximum Gasteiger partial charge on any atom is 0.229 e. The predicted octanol–water partition coefficient (Wildman–Crippen LogP) is 5.02. The lowest BCUT2D eigenvalue weighted by Crippen LogP contribution is -2.58. The molecule has 7 heteroatoms. The fraction of sp³-hybridized carbons (Fsp3) is 0.423. The zero-order valence-corrected chi connectivity index (χ0v) is 19.4. The molecule has 0 radical (unpaired) electrons. The van der Waals surface area contributed by atoms with E-state index in [0.717, 1.165) is 61.7 Å². The molecule has 2 aliphatic rings. The van der Waals surface area contributed by atoms with E-state index >= 15 is 0 Å². The van der Waals surface area contributed by atoms with E-state index < -0.39 is 5.41 Å². The van der Waals surface area contributed by atoms with Crippen LogP contribution in [0.25, 0.3) is 11.0 Å². The van der Waals surface area contributed by atoms with Crippen LogP contribution in [0.1, 0.15) is 33.6 Å². The summed E-state index contributed by atoms with van der Waals surface area (Å²) in [7, 11) is 0. The summed E-state index contributed by atoms with van der Waals surface area (Å²) in [5, 5.41) is 2.92. The number of benzene rings is 2. The minimum absolute atomic E-state index is 0.0231. The van der Waals surface area contributed by atoms with Crippen molar-refractivity contribution in [1.82, 2.24) is 9.97 Å². The van der Waals surface area contributed by atoms with Crippen LogP contribution in [-0.2, 0) is 9.53 Å². The summed E-state index contributed by atoms with van der Waals surface area (Å²) < 4.78 is 11.6. The molecular weight excluding hydrogens is 416 g/mol. The minimum atomic E-state index is -0.443. The van der Waals surface area contributed by atoms with Crippen molar-refractivity contribution in [3.05, 3.63) is 48.7 Å². The van der Waals surface area contributed by atoms with Crippen LogP contribution in [0.2, 0.25) is 0 Å². The van der Waals surface area contributed by atoms with Crippen LogP contribution in [0, 0.1) is 10.8 Å². The number of nitrogens with one attached hydrogen (secondary N) is 1. The molecule has 3 heterocycles. The highest BCUT2D eigenvalue weighted by Crippen LogP contribution is 2.41. The van der Waals surface area contributed by atoms with Gasteiger partial charge >= 0.3 is 0 Å². The first-order chi connectivity index (χ1) is 15.8. The van der Waals surface area contributed by atoms with Crippen molar-refractivity contribution in [2.24, 2.45) is 10.8 Å². The molecule has 1 amide bonds. The van der Waals surface area contributed by atoms with Gasteiger partial charge in [-0.3, -0.25) is 9.78 Å². The summed E-state index contributed by atoms with van der Waals surface area (Å²) in [6.07, 6.45) is 4.11. The fourth-order valence-electron chi connectivity index (χ4n) is 4.30. The van der Waals surface area contributed by atoms with Crippen molar-refractivity contribution >= 4 is 28.4 Å². The lowest BCUT2D eigenvalue weighted by molar-refractivity contribution is -0.123. The number of carbonyl (C=O) groups excluding carboxylic acids is 1. The molecule has 2 aliphatic heterocycles. The van der Waals surface area contributed by atoms with E-state index in [0.29, 0.717) is 16.9 Å². The van der Waals surface area contributed by atoms with Gasteiger partial charge in [-0.2, -0.15) is 0 Å². The van der Waals surface area contributed by atoms with Gasteiger partial charge in [0.15, 0.2) is 0 Å². The van der Waals surface area contributed by atoms with Crippen LogP contribution in [0.4, 0.5) is 11.5 Å². The van der Waals surface area contributed by atoms with Gasteiger partial charge in [0.25, 0.3) is 0 Å².